The summed E-state index contributed by atoms with van der Waals surface area (Å²) >= 11 is 6.02. The van der Waals surface area contributed by atoms with Gasteiger partial charge in [-0.25, -0.2) is 9.37 Å². The minimum absolute atomic E-state index is 0.0208. The van der Waals surface area contributed by atoms with Gasteiger partial charge < -0.3 is 19.9 Å². The maximum Gasteiger partial charge on any atom is 0.242 e. The summed E-state index contributed by atoms with van der Waals surface area (Å²) in [5.74, 6) is 0.314. The number of nitrogens with zero attached hydrogens (tertiary/aromatic N) is 4. The number of rotatable bonds is 7. The van der Waals surface area contributed by atoms with Crippen LogP contribution in [0.1, 0.15) is 18.2 Å². The van der Waals surface area contributed by atoms with Gasteiger partial charge in [-0.3, -0.25) is 15.2 Å². The third kappa shape index (κ3) is 5.35. The van der Waals surface area contributed by atoms with Crippen molar-refractivity contribution in [1.82, 2.24) is 14.9 Å². The Morgan fingerprint density at radius 3 is 2.74 bits per heavy atom. The summed E-state index contributed by atoms with van der Waals surface area (Å²) < 4.78 is 19.8. The molecular weight excluding hydrogens is 471 g/mol. The van der Waals surface area contributed by atoms with Crippen LogP contribution in [0.3, 0.4) is 0 Å². The van der Waals surface area contributed by atoms with Gasteiger partial charge in [0.25, 0.3) is 0 Å². The average molecular weight is 497 g/mol. The van der Waals surface area contributed by atoms with E-state index in [1.54, 1.807) is 47.6 Å². The average Bonchev–Trinajstić information content (AvgIpc) is 2.87. The lowest BCUT2D eigenvalue weighted by Crippen LogP contribution is -2.55. The maximum absolute atomic E-state index is 14.6. The van der Waals surface area contributed by atoms with Crippen molar-refractivity contribution in [3.63, 3.8) is 0 Å². The molecular formula is C25H26ClFN6O2. The zero-order valence-electron chi connectivity index (χ0n) is 19.5. The zero-order chi connectivity index (χ0) is 24.9. The van der Waals surface area contributed by atoms with Crippen LogP contribution in [-0.4, -0.2) is 65.8 Å². The number of pyridine rings is 2. The Balaban J connectivity index is 1.41. The van der Waals surface area contributed by atoms with Gasteiger partial charge in [0.15, 0.2) is 0 Å². The molecule has 2 aromatic heterocycles. The summed E-state index contributed by atoms with van der Waals surface area (Å²) in [5.41, 5.74) is 1.69. The number of amides is 1. The Bertz CT molecular complexity index is 1230. The van der Waals surface area contributed by atoms with E-state index in [4.69, 9.17) is 21.7 Å². The second-order valence-corrected chi connectivity index (χ2v) is 8.57. The first-order chi connectivity index (χ1) is 16.9. The van der Waals surface area contributed by atoms with Gasteiger partial charge in [0.1, 0.15) is 17.4 Å². The van der Waals surface area contributed by atoms with Crippen molar-refractivity contribution in [2.24, 2.45) is 0 Å². The molecule has 35 heavy (non-hydrogen) atoms. The first-order valence-corrected chi connectivity index (χ1v) is 11.5. The molecule has 8 nitrogen and oxygen atoms in total. The molecule has 3 heterocycles. The number of aromatic nitrogens is 2. The Morgan fingerprint density at radius 1 is 1.23 bits per heavy atom. The van der Waals surface area contributed by atoms with Crippen LogP contribution in [0.25, 0.3) is 0 Å². The topological polar surface area (TPSA) is 94.4 Å². The number of benzene rings is 1. The van der Waals surface area contributed by atoms with E-state index in [1.165, 1.54) is 13.2 Å². The van der Waals surface area contributed by atoms with Gasteiger partial charge in [0, 0.05) is 49.7 Å². The fourth-order valence-corrected chi connectivity index (χ4v) is 4.35. The minimum atomic E-state index is -0.428. The van der Waals surface area contributed by atoms with E-state index in [0.29, 0.717) is 48.1 Å². The van der Waals surface area contributed by atoms with E-state index in [2.05, 4.69) is 15.3 Å². The molecule has 0 aliphatic carbocycles. The fraction of sp³-hybridized carbons (Fsp3) is 0.280. The normalized spacial score (nSPS) is 15.6. The molecule has 1 aromatic carbocycles. The van der Waals surface area contributed by atoms with Crippen molar-refractivity contribution in [2.45, 2.75) is 13.0 Å². The highest BCUT2D eigenvalue weighted by Crippen LogP contribution is 2.33. The molecule has 3 aromatic rings. The number of hydrogen-bond acceptors (Lipinski definition) is 7. The lowest BCUT2D eigenvalue weighted by Gasteiger charge is -2.41. The number of ether oxygens (including phenoxy) is 1. The highest BCUT2D eigenvalue weighted by molar-refractivity contribution is 6.32. The predicted molar refractivity (Wildman–Crippen MR) is 134 cm³/mol. The van der Waals surface area contributed by atoms with Crippen LogP contribution in [0.2, 0.25) is 5.02 Å². The largest absolute Gasteiger partial charge is 0.495 e. The SMILES string of the molecule is COc1cc(N2CCN(C(=O)CNc3ncccc3C(=N)c3ccccn3)[C@@H](C)C2)c(F)cc1Cl. The lowest BCUT2D eigenvalue weighted by atomic mass is 10.1. The molecule has 1 aliphatic heterocycles. The highest BCUT2D eigenvalue weighted by Gasteiger charge is 2.29. The number of anilines is 2. The quantitative estimate of drug-likeness (QED) is 0.483. The molecule has 182 valence electrons. The van der Waals surface area contributed by atoms with Crippen LogP contribution >= 0.6 is 11.6 Å². The van der Waals surface area contributed by atoms with E-state index < -0.39 is 5.82 Å². The number of carbonyl (C=O) groups excluding carboxylic acids is 1. The van der Waals surface area contributed by atoms with Gasteiger partial charge >= 0.3 is 0 Å². The van der Waals surface area contributed by atoms with Crippen LogP contribution in [-0.2, 0) is 4.79 Å². The van der Waals surface area contributed by atoms with Gasteiger partial charge in [0.05, 0.1) is 35.8 Å². The van der Waals surface area contributed by atoms with Crippen LogP contribution < -0.4 is 15.0 Å². The van der Waals surface area contributed by atoms with Crippen molar-refractivity contribution < 1.29 is 13.9 Å². The molecule has 10 heteroatoms. The Kier molecular flexibility index (Phi) is 7.45. The second kappa shape index (κ2) is 10.7. The third-order valence-electron chi connectivity index (χ3n) is 5.91. The predicted octanol–water partition coefficient (Wildman–Crippen LogP) is 3.84. The zero-order valence-corrected chi connectivity index (χ0v) is 20.2. The summed E-state index contributed by atoms with van der Waals surface area (Å²) in [6, 6.07) is 11.6. The summed E-state index contributed by atoms with van der Waals surface area (Å²) in [5, 5.41) is 11.8. The van der Waals surface area contributed by atoms with Gasteiger partial charge in [-0.05, 0) is 37.3 Å². The summed E-state index contributed by atoms with van der Waals surface area (Å²) in [7, 11) is 1.49. The monoisotopic (exact) mass is 496 g/mol. The molecule has 0 bridgehead atoms. The number of hydrogen-bond donors (Lipinski definition) is 2. The lowest BCUT2D eigenvalue weighted by molar-refractivity contribution is -0.131. The van der Waals surface area contributed by atoms with Crippen LogP contribution in [0.4, 0.5) is 15.9 Å². The summed E-state index contributed by atoms with van der Waals surface area (Å²) in [6.45, 7) is 3.32. The molecule has 1 aliphatic rings. The number of carbonyl (C=O) groups is 1. The van der Waals surface area contributed by atoms with Crippen molar-refractivity contribution in [3.8, 4) is 5.75 Å². The molecule has 0 radical (unpaired) electrons. The second-order valence-electron chi connectivity index (χ2n) is 8.16. The molecule has 0 spiro atoms. The van der Waals surface area contributed by atoms with Gasteiger partial charge in [-0.15, -0.1) is 0 Å². The molecule has 0 saturated carbocycles. The van der Waals surface area contributed by atoms with E-state index in [-0.39, 0.29) is 29.2 Å². The smallest absolute Gasteiger partial charge is 0.242 e. The molecule has 0 unspecified atom stereocenters. The van der Waals surface area contributed by atoms with Gasteiger partial charge in [-0.2, -0.15) is 0 Å². The van der Waals surface area contributed by atoms with E-state index >= 15 is 0 Å². The van der Waals surface area contributed by atoms with Crippen molar-refractivity contribution in [2.75, 3.05) is 43.5 Å². The Labute approximate surface area is 208 Å². The minimum Gasteiger partial charge on any atom is -0.495 e. The Morgan fingerprint density at radius 2 is 2.03 bits per heavy atom. The molecule has 2 N–H and O–H groups in total. The number of nitrogens with one attached hydrogen (secondary N) is 2. The molecule has 1 amide bonds. The summed E-state index contributed by atoms with van der Waals surface area (Å²) in [6.07, 6.45) is 3.24. The highest BCUT2D eigenvalue weighted by atomic mass is 35.5. The first-order valence-electron chi connectivity index (χ1n) is 11.2. The van der Waals surface area contributed by atoms with E-state index in [0.717, 1.165) is 0 Å². The van der Waals surface area contributed by atoms with Crippen LogP contribution in [0.15, 0.2) is 54.9 Å². The third-order valence-corrected chi connectivity index (χ3v) is 6.21. The molecule has 1 fully saturated rings. The van der Waals surface area contributed by atoms with Crippen molar-refractivity contribution >= 4 is 34.7 Å². The standard InChI is InChI=1S/C25H26ClFN6O2/c1-16-15-32(21-13-22(35-2)18(26)12-19(21)27)10-11-33(16)23(34)14-31-25-17(6-5-9-30-25)24(28)20-7-3-4-8-29-20/h3-9,12-13,16,28H,10-11,14-15H2,1-2H3,(H,30,31)/t16-/m0/s1. The van der Waals surface area contributed by atoms with Gasteiger partial charge in [0.2, 0.25) is 5.91 Å². The van der Waals surface area contributed by atoms with Gasteiger partial charge in [-0.1, -0.05) is 17.7 Å². The Hall–Kier alpha value is -3.72. The number of piperazine rings is 1. The van der Waals surface area contributed by atoms with E-state index in [9.17, 15) is 9.18 Å². The van der Waals surface area contributed by atoms with Crippen LogP contribution in [0, 0.1) is 11.2 Å². The molecule has 1 atom stereocenters. The summed E-state index contributed by atoms with van der Waals surface area (Å²) in [4.78, 5) is 25.2. The number of halogens is 2. The van der Waals surface area contributed by atoms with Crippen LogP contribution in [0.5, 0.6) is 5.75 Å². The fourth-order valence-electron chi connectivity index (χ4n) is 4.12. The first kappa shape index (κ1) is 24.4. The van der Waals surface area contributed by atoms with Crippen molar-refractivity contribution in [1.29, 1.82) is 5.41 Å². The maximum atomic E-state index is 14.6. The van der Waals surface area contributed by atoms with E-state index in [1.807, 2.05) is 17.9 Å². The molecule has 4 rings (SSSR count). The molecule has 1 saturated heterocycles. The number of methoxy groups -OCH3 is 1. The van der Waals surface area contributed by atoms with Crippen molar-refractivity contribution in [3.05, 3.63) is 77.0 Å².